The number of furan rings is 1. The van der Waals surface area contributed by atoms with Crippen LogP contribution in [-0.2, 0) is 0 Å². The van der Waals surface area contributed by atoms with Crippen molar-refractivity contribution >= 4 is 28.5 Å². The van der Waals surface area contributed by atoms with Crippen molar-refractivity contribution in [1.82, 2.24) is 5.32 Å². The van der Waals surface area contributed by atoms with Crippen LogP contribution in [-0.4, -0.2) is 18.3 Å². The molecule has 2 aromatic rings. The van der Waals surface area contributed by atoms with Crippen molar-refractivity contribution < 1.29 is 9.21 Å². The Hall–Kier alpha value is -1.74. The number of benzene rings is 1. The van der Waals surface area contributed by atoms with Crippen molar-refractivity contribution in [2.24, 2.45) is 0 Å². The Morgan fingerprint density at radius 3 is 3.00 bits per heavy atom. The van der Waals surface area contributed by atoms with E-state index >= 15 is 0 Å². The molecule has 1 aromatic carbocycles. The first-order chi connectivity index (χ1) is 8.33. The molecule has 2 rings (SSSR count). The summed E-state index contributed by atoms with van der Waals surface area (Å²) in [6.45, 7) is 0.463. The van der Waals surface area contributed by atoms with Gasteiger partial charge in [0.25, 0.3) is 5.91 Å². The molecule has 0 radical (unpaired) electrons. The number of allylic oxidation sites excluding steroid dienone is 1. The summed E-state index contributed by atoms with van der Waals surface area (Å²) >= 11 is 5.48. The molecule has 0 saturated heterocycles. The van der Waals surface area contributed by atoms with Gasteiger partial charge in [-0.2, -0.15) is 0 Å². The molecular formula is C13H12ClNO2. The van der Waals surface area contributed by atoms with E-state index in [9.17, 15) is 4.79 Å². The minimum Gasteiger partial charge on any atom is -0.463 e. The smallest absolute Gasteiger partial charge is 0.255 e. The van der Waals surface area contributed by atoms with Gasteiger partial charge in [-0.1, -0.05) is 30.4 Å². The molecule has 0 aliphatic heterocycles. The highest BCUT2D eigenvalue weighted by molar-refractivity contribution is 6.18. The Morgan fingerprint density at radius 2 is 2.18 bits per heavy atom. The number of carbonyl (C=O) groups is 1. The standard InChI is InChI=1S/C13H12ClNO2/c14-7-3-4-8-15-13(16)11-9-17-12-6-2-1-5-10(11)12/h1-6,9H,7-8H2,(H,15,16)/b4-3+. The first-order valence-corrected chi connectivity index (χ1v) is 5.82. The van der Waals surface area contributed by atoms with Crippen LogP contribution >= 0.6 is 11.6 Å². The second-order valence-electron chi connectivity index (χ2n) is 3.48. The predicted octanol–water partition coefficient (Wildman–Crippen LogP) is 2.96. The summed E-state index contributed by atoms with van der Waals surface area (Å²) in [5, 5.41) is 3.59. The van der Waals surface area contributed by atoms with E-state index in [2.05, 4.69) is 5.32 Å². The molecule has 0 saturated carbocycles. The van der Waals surface area contributed by atoms with Gasteiger partial charge in [-0.25, -0.2) is 0 Å². The maximum absolute atomic E-state index is 11.8. The van der Waals surface area contributed by atoms with Gasteiger partial charge in [0.15, 0.2) is 0 Å². The number of rotatable bonds is 4. The van der Waals surface area contributed by atoms with E-state index in [1.807, 2.05) is 30.3 Å². The van der Waals surface area contributed by atoms with Gasteiger partial charge in [-0.15, -0.1) is 11.6 Å². The molecule has 1 amide bonds. The van der Waals surface area contributed by atoms with Crippen molar-refractivity contribution in [2.75, 3.05) is 12.4 Å². The normalized spacial score (nSPS) is 11.1. The quantitative estimate of drug-likeness (QED) is 0.669. The molecule has 0 spiro atoms. The van der Waals surface area contributed by atoms with Gasteiger partial charge < -0.3 is 9.73 Å². The Labute approximate surface area is 104 Å². The van der Waals surface area contributed by atoms with E-state index in [-0.39, 0.29) is 5.91 Å². The van der Waals surface area contributed by atoms with Gasteiger partial charge in [0, 0.05) is 17.8 Å². The molecule has 0 fully saturated rings. The van der Waals surface area contributed by atoms with Crippen LogP contribution in [0.2, 0.25) is 0 Å². The van der Waals surface area contributed by atoms with E-state index in [0.717, 1.165) is 5.39 Å². The van der Waals surface area contributed by atoms with Crippen LogP contribution in [0.4, 0.5) is 0 Å². The van der Waals surface area contributed by atoms with Crippen LogP contribution in [0, 0.1) is 0 Å². The van der Waals surface area contributed by atoms with Crippen LogP contribution in [0.5, 0.6) is 0 Å². The summed E-state index contributed by atoms with van der Waals surface area (Å²) in [6.07, 6.45) is 5.08. The number of hydrogen-bond donors (Lipinski definition) is 1. The molecule has 0 atom stereocenters. The Morgan fingerprint density at radius 1 is 1.35 bits per heavy atom. The van der Waals surface area contributed by atoms with Crippen LogP contribution < -0.4 is 5.32 Å². The predicted molar refractivity (Wildman–Crippen MR) is 68.4 cm³/mol. The van der Waals surface area contributed by atoms with E-state index < -0.39 is 0 Å². The summed E-state index contributed by atoms with van der Waals surface area (Å²) in [4.78, 5) is 11.8. The maximum Gasteiger partial charge on any atom is 0.255 e. The maximum atomic E-state index is 11.8. The number of carbonyl (C=O) groups excluding carboxylic acids is 1. The number of fused-ring (bicyclic) bond motifs is 1. The largest absolute Gasteiger partial charge is 0.463 e. The lowest BCUT2D eigenvalue weighted by atomic mass is 10.1. The molecule has 3 nitrogen and oxygen atoms in total. The fourth-order valence-electron chi connectivity index (χ4n) is 1.55. The SMILES string of the molecule is O=C(NC/C=C/CCl)c1coc2ccccc12. The summed E-state index contributed by atoms with van der Waals surface area (Å²) in [7, 11) is 0. The van der Waals surface area contributed by atoms with Crippen molar-refractivity contribution in [3.63, 3.8) is 0 Å². The average Bonchev–Trinajstić information content (AvgIpc) is 2.78. The number of halogens is 1. The molecule has 88 valence electrons. The van der Waals surface area contributed by atoms with Crippen LogP contribution in [0.15, 0.2) is 47.1 Å². The van der Waals surface area contributed by atoms with Gasteiger partial charge in [0.1, 0.15) is 11.8 Å². The van der Waals surface area contributed by atoms with E-state index in [1.54, 1.807) is 6.08 Å². The summed E-state index contributed by atoms with van der Waals surface area (Å²) in [6, 6.07) is 7.45. The van der Waals surface area contributed by atoms with Crippen molar-refractivity contribution in [2.45, 2.75) is 0 Å². The van der Waals surface area contributed by atoms with E-state index in [1.165, 1.54) is 6.26 Å². The lowest BCUT2D eigenvalue weighted by Gasteiger charge is -1.99. The molecular weight excluding hydrogens is 238 g/mol. The molecule has 17 heavy (non-hydrogen) atoms. The second-order valence-corrected chi connectivity index (χ2v) is 3.79. The first kappa shape index (κ1) is 11.7. The Balaban J connectivity index is 2.11. The highest BCUT2D eigenvalue weighted by atomic mass is 35.5. The molecule has 4 heteroatoms. The third-order valence-electron chi connectivity index (χ3n) is 2.36. The fraction of sp³-hybridized carbons (Fsp3) is 0.154. The molecule has 0 bridgehead atoms. The van der Waals surface area contributed by atoms with Gasteiger partial charge in [0.05, 0.1) is 5.56 Å². The van der Waals surface area contributed by atoms with Crippen molar-refractivity contribution in [3.8, 4) is 0 Å². The van der Waals surface area contributed by atoms with Crippen molar-refractivity contribution in [3.05, 3.63) is 48.2 Å². The van der Waals surface area contributed by atoms with Gasteiger partial charge in [-0.3, -0.25) is 4.79 Å². The lowest BCUT2D eigenvalue weighted by molar-refractivity contribution is 0.0959. The summed E-state index contributed by atoms with van der Waals surface area (Å²) < 4.78 is 5.30. The molecule has 0 aliphatic rings. The van der Waals surface area contributed by atoms with Crippen LogP contribution in [0.3, 0.4) is 0 Å². The Kier molecular flexibility index (Phi) is 3.83. The molecule has 1 aromatic heterocycles. The topological polar surface area (TPSA) is 42.2 Å². The zero-order valence-corrected chi connectivity index (χ0v) is 9.91. The summed E-state index contributed by atoms with van der Waals surface area (Å²) in [5.41, 5.74) is 1.27. The van der Waals surface area contributed by atoms with Crippen LogP contribution in [0.25, 0.3) is 11.0 Å². The van der Waals surface area contributed by atoms with Crippen molar-refractivity contribution in [1.29, 1.82) is 0 Å². The minimum atomic E-state index is -0.144. The monoisotopic (exact) mass is 249 g/mol. The highest BCUT2D eigenvalue weighted by Gasteiger charge is 2.11. The fourth-order valence-corrected chi connectivity index (χ4v) is 1.67. The van der Waals surface area contributed by atoms with E-state index in [4.69, 9.17) is 16.0 Å². The zero-order chi connectivity index (χ0) is 12.1. The average molecular weight is 250 g/mol. The first-order valence-electron chi connectivity index (χ1n) is 5.28. The minimum absolute atomic E-state index is 0.144. The zero-order valence-electron chi connectivity index (χ0n) is 9.15. The van der Waals surface area contributed by atoms with E-state index in [0.29, 0.717) is 23.6 Å². The number of nitrogens with one attached hydrogen (secondary N) is 1. The summed E-state index contributed by atoms with van der Waals surface area (Å²) in [5.74, 6) is 0.305. The molecule has 1 heterocycles. The molecule has 1 N–H and O–H groups in total. The number of para-hydroxylation sites is 1. The van der Waals surface area contributed by atoms with Gasteiger partial charge >= 0.3 is 0 Å². The number of amides is 1. The van der Waals surface area contributed by atoms with Crippen LogP contribution in [0.1, 0.15) is 10.4 Å². The Bertz CT molecular complexity index is 545. The number of hydrogen-bond acceptors (Lipinski definition) is 2. The lowest BCUT2D eigenvalue weighted by Crippen LogP contribution is -2.22. The van der Waals surface area contributed by atoms with Gasteiger partial charge in [0.2, 0.25) is 0 Å². The second kappa shape index (κ2) is 5.55. The third kappa shape index (κ3) is 2.68. The van der Waals surface area contributed by atoms with Gasteiger partial charge in [-0.05, 0) is 6.07 Å². The number of alkyl halides is 1. The highest BCUT2D eigenvalue weighted by Crippen LogP contribution is 2.20. The third-order valence-corrected chi connectivity index (χ3v) is 2.54. The molecule has 0 aliphatic carbocycles. The molecule has 0 unspecified atom stereocenters.